The molecule has 0 amide bonds. The summed E-state index contributed by atoms with van der Waals surface area (Å²) in [4.78, 5) is 10.1. The standard InChI is InChI=1S/C5H2F3I3O2/c6-4(7,8)2(1-3(12)13)5(9,10)11/h1H,(H,12,13). The van der Waals surface area contributed by atoms with Crippen LogP contribution in [0.3, 0.4) is 0 Å². The van der Waals surface area contributed by atoms with Gasteiger partial charge < -0.3 is 5.11 Å². The molecule has 0 atom stereocenters. The highest BCUT2D eigenvalue weighted by atomic mass is 127. The number of halogens is 6. The Hall–Kier alpha value is 1.19. The third-order valence-electron chi connectivity index (χ3n) is 0.879. The average molecular weight is 532 g/mol. The molecule has 0 aliphatic heterocycles. The zero-order valence-corrected chi connectivity index (χ0v) is 12.2. The van der Waals surface area contributed by atoms with E-state index < -0.39 is 17.2 Å². The minimum Gasteiger partial charge on any atom is -0.478 e. The number of aliphatic carboxylic acids is 1. The maximum absolute atomic E-state index is 12.2. The van der Waals surface area contributed by atoms with E-state index in [9.17, 15) is 18.0 Å². The van der Waals surface area contributed by atoms with Crippen molar-refractivity contribution in [3.63, 3.8) is 0 Å². The van der Waals surface area contributed by atoms with E-state index in [-0.39, 0.29) is 6.08 Å². The van der Waals surface area contributed by atoms with Crippen LogP contribution in [0.15, 0.2) is 11.6 Å². The Morgan fingerprint density at radius 2 is 1.62 bits per heavy atom. The summed E-state index contributed by atoms with van der Waals surface area (Å²) in [6.45, 7) is 0. The van der Waals surface area contributed by atoms with Gasteiger partial charge in [-0.3, -0.25) is 0 Å². The quantitative estimate of drug-likeness (QED) is 0.336. The normalized spacial score (nSPS) is 14.5. The summed E-state index contributed by atoms with van der Waals surface area (Å²) >= 11 is 4.56. The Morgan fingerprint density at radius 1 is 1.23 bits per heavy atom. The zero-order valence-electron chi connectivity index (χ0n) is 5.70. The zero-order chi connectivity index (χ0) is 10.9. The van der Waals surface area contributed by atoms with E-state index in [1.165, 1.54) is 67.8 Å². The van der Waals surface area contributed by atoms with Crippen LogP contribution in [0.25, 0.3) is 0 Å². The van der Waals surface area contributed by atoms with E-state index >= 15 is 0 Å². The van der Waals surface area contributed by atoms with E-state index in [2.05, 4.69) is 0 Å². The van der Waals surface area contributed by atoms with E-state index in [1.54, 1.807) is 0 Å². The SMILES string of the molecule is O=C(O)C=C(C(F)(F)F)C(I)(I)I. The molecular weight excluding hydrogens is 530 g/mol. The second-order valence-electron chi connectivity index (χ2n) is 1.89. The van der Waals surface area contributed by atoms with Crippen molar-refractivity contribution in [3.05, 3.63) is 11.6 Å². The molecule has 0 aromatic rings. The fourth-order valence-electron chi connectivity index (χ4n) is 0.448. The first-order valence-corrected chi connectivity index (χ1v) is 5.88. The van der Waals surface area contributed by atoms with Crippen LogP contribution in [0.4, 0.5) is 13.2 Å². The molecule has 0 heterocycles. The van der Waals surface area contributed by atoms with Gasteiger partial charge in [-0.2, -0.15) is 13.2 Å². The van der Waals surface area contributed by atoms with Crippen molar-refractivity contribution in [3.8, 4) is 0 Å². The number of allylic oxidation sites excluding steroid dienone is 1. The molecule has 0 radical (unpaired) electrons. The van der Waals surface area contributed by atoms with Crippen LogP contribution in [0, 0.1) is 0 Å². The number of hydrogen-bond donors (Lipinski definition) is 1. The van der Waals surface area contributed by atoms with Gasteiger partial charge in [0.15, 0.2) is -0.565 Å². The lowest BCUT2D eigenvalue weighted by Crippen LogP contribution is -2.23. The second-order valence-corrected chi connectivity index (χ2v) is 12.9. The number of carboxylic acid groups (broad SMARTS) is 1. The summed E-state index contributed by atoms with van der Waals surface area (Å²) < 4.78 is 35.4. The van der Waals surface area contributed by atoms with Gasteiger partial charge in [0.2, 0.25) is 0 Å². The third-order valence-corrected chi connectivity index (χ3v) is 2.62. The van der Waals surface area contributed by atoms with Crippen LogP contribution in [-0.4, -0.2) is 16.7 Å². The van der Waals surface area contributed by atoms with Crippen LogP contribution in [0.1, 0.15) is 0 Å². The molecule has 1 N–H and O–H groups in total. The van der Waals surface area contributed by atoms with Gasteiger partial charge in [0.25, 0.3) is 0 Å². The molecule has 0 saturated heterocycles. The molecule has 13 heavy (non-hydrogen) atoms. The minimum absolute atomic E-state index is 0.186. The molecule has 0 aliphatic carbocycles. The van der Waals surface area contributed by atoms with Crippen molar-refractivity contribution in [2.24, 2.45) is 0 Å². The Labute approximate surface area is 113 Å². The molecule has 8 heteroatoms. The number of carboxylic acids is 1. The number of hydrogen-bond acceptors (Lipinski definition) is 1. The molecule has 0 fully saturated rings. The Bertz CT molecular complexity index is 224. The van der Waals surface area contributed by atoms with E-state index in [1.807, 2.05) is 0 Å². The molecule has 0 aromatic carbocycles. The fourth-order valence-corrected chi connectivity index (χ4v) is 1.83. The molecule has 2 nitrogen and oxygen atoms in total. The van der Waals surface area contributed by atoms with Crippen molar-refractivity contribution in [2.45, 2.75) is 5.61 Å². The van der Waals surface area contributed by atoms with Crippen molar-refractivity contribution < 1.29 is 23.1 Å². The molecule has 0 rings (SSSR count). The minimum atomic E-state index is -4.61. The van der Waals surface area contributed by atoms with Gasteiger partial charge in [0.05, 0.1) is 5.57 Å². The average Bonchev–Trinajstić information content (AvgIpc) is 1.77. The molecule has 0 saturated carbocycles. The van der Waals surface area contributed by atoms with Gasteiger partial charge in [-0.1, -0.05) is 0 Å². The summed E-state index contributed by atoms with van der Waals surface area (Å²) in [6, 6.07) is 0. The summed E-state index contributed by atoms with van der Waals surface area (Å²) in [5, 5.41) is 8.22. The van der Waals surface area contributed by atoms with Crippen molar-refractivity contribution in [2.75, 3.05) is 0 Å². The second kappa shape index (κ2) is 4.81. The molecule has 0 bridgehead atoms. The molecular formula is C5H2F3I3O2. The van der Waals surface area contributed by atoms with Crippen molar-refractivity contribution in [1.29, 1.82) is 0 Å². The summed E-state index contributed by atoms with van der Waals surface area (Å²) in [5.74, 6) is -1.60. The lowest BCUT2D eigenvalue weighted by Gasteiger charge is -2.19. The largest absolute Gasteiger partial charge is 0.478 e. The van der Waals surface area contributed by atoms with Crippen LogP contribution in [-0.2, 0) is 4.79 Å². The van der Waals surface area contributed by atoms with Crippen LogP contribution >= 0.6 is 67.8 Å². The highest BCUT2D eigenvalue weighted by molar-refractivity contribution is 14.3. The molecule has 0 spiro atoms. The number of alkyl halides is 6. The summed E-state index contributed by atoms with van der Waals surface area (Å²) in [6.07, 6.45) is -4.42. The number of carbonyl (C=O) groups is 1. The van der Waals surface area contributed by atoms with E-state index in [0.717, 1.165) is 0 Å². The van der Waals surface area contributed by atoms with Gasteiger partial charge in [-0.25, -0.2) is 4.79 Å². The van der Waals surface area contributed by atoms with Gasteiger partial charge in [-0.05, 0) is 67.8 Å². The summed E-state index contributed by atoms with van der Waals surface area (Å²) in [7, 11) is 0. The first-order chi connectivity index (χ1) is 5.55. The van der Waals surface area contributed by atoms with Crippen LogP contribution in [0.5, 0.6) is 0 Å². The monoisotopic (exact) mass is 532 g/mol. The maximum Gasteiger partial charge on any atom is 0.415 e. The molecule has 76 valence electrons. The third kappa shape index (κ3) is 5.59. The molecule has 0 unspecified atom stereocenters. The fraction of sp³-hybridized carbons (Fsp3) is 0.400. The van der Waals surface area contributed by atoms with E-state index in [0.29, 0.717) is 0 Å². The Morgan fingerprint density at radius 3 is 1.69 bits per heavy atom. The van der Waals surface area contributed by atoms with Gasteiger partial charge in [0, 0.05) is 6.08 Å². The van der Waals surface area contributed by atoms with Gasteiger partial charge >= 0.3 is 12.1 Å². The first-order valence-electron chi connectivity index (χ1n) is 2.64. The smallest absolute Gasteiger partial charge is 0.415 e. The van der Waals surface area contributed by atoms with Crippen molar-refractivity contribution >= 4 is 73.7 Å². The van der Waals surface area contributed by atoms with Gasteiger partial charge in [0.1, 0.15) is 0 Å². The first kappa shape index (κ1) is 14.2. The van der Waals surface area contributed by atoms with E-state index in [4.69, 9.17) is 5.11 Å². The highest BCUT2D eigenvalue weighted by Crippen LogP contribution is 2.49. The predicted octanol–water partition coefficient (Wildman–Crippen LogP) is 3.52. The topological polar surface area (TPSA) is 37.3 Å². The Balaban J connectivity index is 5.13. The van der Waals surface area contributed by atoms with Crippen molar-refractivity contribution in [1.82, 2.24) is 0 Å². The predicted molar refractivity (Wildman–Crippen MR) is 66.6 cm³/mol. The maximum atomic E-state index is 12.2. The van der Waals surface area contributed by atoms with Crippen LogP contribution < -0.4 is 0 Å². The summed E-state index contributed by atoms with van der Waals surface area (Å²) in [5.41, 5.74) is -1.07. The highest BCUT2D eigenvalue weighted by Gasteiger charge is 2.44. The number of rotatable bonds is 2. The lowest BCUT2D eigenvalue weighted by molar-refractivity contribution is -0.132. The lowest BCUT2D eigenvalue weighted by atomic mass is 10.3. The molecule has 0 aliphatic rings. The van der Waals surface area contributed by atoms with Gasteiger partial charge in [-0.15, -0.1) is 0 Å². The Kier molecular flexibility index (Phi) is 5.25. The van der Waals surface area contributed by atoms with Crippen LogP contribution in [0.2, 0.25) is 0 Å². The molecule has 0 aromatic heterocycles.